The van der Waals surface area contributed by atoms with Crippen molar-refractivity contribution in [1.29, 1.82) is 0 Å². The summed E-state index contributed by atoms with van der Waals surface area (Å²) >= 11 is 0. The summed E-state index contributed by atoms with van der Waals surface area (Å²) in [5.41, 5.74) is 2.56. The van der Waals surface area contributed by atoms with Gasteiger partial charge in [-0.25, -0.2) is 0 Å². The number of hydrogen-bond donors (Lipinski definition) is 0. The van der Waals surface area contributed by atoms with E-state index in [-0.39, 0.29) is 0 Å². The number of anilines is 1. The molecule has 2 aliphatic rings. The molecule has 1 aromatic carbocycles. The van der Waals surface area contributed by atoms with Crippen LogP contribution in [0.1, 0.15) is 31.7 Å². The van der Waals surface area contributed by atoms with Crippen molar-refractivity contribution in [2.24, 2.45) is 5.92 Å². The van der Waals surface area contributed by atoms with Gasteiger partial charge in [0.1, 0.15) is 0 Å². The summed E-state index contributed by atoms with van der Waals surface area (Å²) in [5, 5.41) is 0. The number of aryl methyl sites for hydroxylation is 1. The van der Waals surface area contributed by atoms with Gasteiger partial charge in [-0.15, -0.1) is 0 Å². The van der Waals surface area contributed by atoms with Crippen molar-refractivity contribution >= 4 is 11.6 Å². The highest BCUT2D eigenvalue weighted by atomic mass is 16.2. The molecule has 4 heteroatoms. The Labute approximate surface area is 146 Å². The molecule has 1 amide bonds. The lowest BCUT2D eigenvalue weighted by atomic mass is 10.0. The summed E-state index contributed by atoms with van der Waals surface area (Å²) < 4.78 is 0. The molecule has 132 valence electrons. The third kappa shape index (κ3) is 4.50. The van der Waals surface area contributed by atoms with Gasteiger partial charge in [0.2, 0.25) is 5.91 Å². The van der Waals surface area contributed by atoms with Crippen LogP contribution in [0.25, 0.3) is 0 Å². The minimum Gasteiger partial charge on any atom is -0.368 e. The zero-order chi connectivity index (χ0) is 16.9. The van der Waals surface area contributed by atoms with Crippen molar-refractivity contribution in [3.63, 3.8) is 0 Å². The van der Waals surface area contributed by atoms with E-state index >= 15 is 0 Å². The van der Waals surface area contributed by atoms with Crippen LogP contribution in [0, 0.1) is 12.8 Å². The molecule has 2 aliphatic heterocycles. The van der Waals surface area contributed by atoms with Gasteiger partial charge in [-0.3, -0.25) is 4.79 Å². The Morgan fingerprint density at radius 1 is 1.08 bits per heavy atom. The van der Waals surface area contributed by atoms with Gasteiger partial charge < -0.3 is 14.7 Å². The summed E-state index contributed by atoms with van der Waals surface area (Å²) in [5.74, 6) is 1.11. The Morgan fingerprint density at radius 2 is 1.79 bits per heavy atom. The SMILES string of the molecule is Cc1ccc(N2CCN(C(=O)CCN3CCCC(C)C3)CC2)cc1. The third-order valence-electron chi connectivity index (χ3n) is 5.41. The normalized spacial score (nSPS) is 22.7. The molecule has 0 bridgehead atoms. The number of carbonyl (C=O) groups excluding carboxylic acids is 1. The number of nitrogens with zero attached hydrogens (tertiary/aromatic N) is 3. The van der Waals surface area contributed by atoms with Crippen LogP contribution < -0.4 is 4.90 Å². The molecular formula is C20H31N3O. The van der Waals surface area contributed by atoms with Crippen LogP contribution in [0.4, 0.5) is 5.69 Å². The number of likely N-dealkylation sites (tertiary alicyclic amines) is 1. The summed E-state index contributed by atoms with van der Waals surface area (Å²) in [6.45, 7) is 11.3. The first kappa shape index (κ1) is 17.3. The zero-order valence-corrected chi connectivity index (χ0v) is 15.2. The molecule has 1 aromatic rings. The van der Waals surface area contributed by atoms with Gasteiger partial charge in [-0.2, -0.15) is 0 Å². The third-order valence-corrected chi connectivity index (χ3v) is 5.41. The van der Waals surface area contributed by atoms with E-state index in [4.69, 9.17) is 0 Å². The van der Waals surface area contributed by atoms with Crippen molar-refractivity contribution < 1.29 is 4.79 Å². The lowest BCUT2D eigenvalue weighted by molar-refractivity contribution is -0.131. The molecule has 0 spiro atoms. The number of carbonyl (C=O) groups is 1. The van der Waals surface area contributed by atoms with Crippen LogP contribution in [0.15, 0.2) is 24.3 Å². The maximum Gasteiger partial charge on any atom is 0.223 e. The van der Waals surface area contributed by atoms with E-state index in [9.17, 15) is 4.79 Å². The number of amides is 1. The fraction of sp³-hybridized carbons (Fsp3) is 0.650. The summed E-state index contributed by atoms with van der Waals surface area (Å²) in [6.07, 6.45) is 3.30. The number of benzene rings is 1. The topological polar surface area (TPSA) is 26.8 Å². The van der Waals surface area contributed by atoms with Gasteiger partial charge >= 0.3 is 0 Å². The minimum atomic E-state index is 0.330. The largest absolute Gasteiger partial charge is 0.368 e. The molecule has 3 rings (SSSR count). The second kappa shape index (κ2) is 8.02. The lowest BCUT2D eigenvalue weighted by Gasteiger charge is -2.37. The minimum absolute atomic E-state index is 0.330. The number of rotatable bonds is 4. The average Bonchev–Trinajstić information content (AvgIpc) is 2.61. The first-order chi connectivity index (χ1) is 11.6. The number of piperidine rings is 1. The van der Waals surface area contributed by atoms with Gasteiger partial charge in [0.05, 0.1) is 0 Å². The Kier molecular flexibility index (Phi) is 5.77. The lowest BCUT2D eigenvalue weighted by Crippen LogP contribution is -2.49. The van der Waals surface area contributed by atoms with E-state index in [0.29, 0.717) is 12.3 Å². The second-order valence-electron chi connectivity index (χ2n) is 7.50. The molecule has 4 nitrogen and oxygen atoms in total. The van der Waals surface area contributed by atoms with Crippen LogP contribution in [0.3, 0.4) is 0 Å². The number of piperazine rings is 1. The van der Waals surface area contributed by atoms with Crippen molar-refractivity contribution in [3.05, 3.63) is 29.8 Å². The van der Waals surface area contributed by atoms with Gasteiger partial charge in [-0.05, 0) is 44.4 Å². The van der Waals surface area contributed by atoms with Gasteiger partial charge in [-0.1, -0.05) is 24.6 Å². The monoisotopic (exact) mass is 329 g/mol. The summed E-state index contributed by atoms with van der Waals surface area (Å²) in [4.78, 5) is 19.4. The Balaban J connectivity index is 1.42. The van der Waals surface area contributed by atoms with Gasteiger partial charge in [0.25, 0.3) is 0 Å². The second-order valence-corrected chi connectivity index (χ2v) is 7.50. The molecule has 2 fully saturated rings. The van der Waals surface area contributed by atoms with Crippen LogP contribution in [0.2, 0.25) is 0 Å². The highest BCUT2D eigenvalue weighted by Gasteiger charge is 2.22. The fourth-order valence-corrected chi connectivity index (χ4v) is 3.87. The quantitative estimate of drug-likeness (QED) is 0.850. The standard InChI is InChI=1S/C20H31N3O/c1-17-5-7-19(8-6-17)22-12-14-23(15-13-22)20(24)9-11-21-10-3-4-18(2)16-21/h5-8,18H,3-4,9-16H2,1-2H3. The van der Waals surface area contributed by atoms with Crippen LogP contribution >= 0.6 is 0 Å². The van der Waals surface area contributed by atoms with Gasteiger partial charge in [0.15, 0.2) is 0 Å². The highest BCUT2D eigenvalue weighted by molar-refractivity contribution is 5.76. The maximum atomic E-state index is 12.5. The first-order valence-electron chi connectivity index (χ1n) is 9.43. The maximum absolute atomic E-state index is 12.5. The Morgan fingerprint density at radius 3 is 2.46 bits per heavy atom. The molecular weight excluding hydrogens is 298 g/mol. The predicted octanol–water partition coefficient (Wildman–Crippen LogP) is 2.77. The molecule has 0 saturated carbocycles. The molecule has 1 atom stereocenters. The van der Waals surface area contributed by atoms with E-state index in [1.807, 2.05) is 0 Å². The number of hydrogen-bond acceptors (Lipinski definition) is 3. The molecule has 2 heterocycles. The molecule has 24 heavy (non-hydrogen) atoms. The fourth-order valence-electron chi connectivity index (χ4n) is 3.87. The molecule has 0 aromatic heterocycles. The van der Waals surface area contributed by atoms with E-state index in [1.54, 1.807) is 0 Å². The zero-order valence-electron chi connectivity index (χ0n) is 15.2. The van der Waals surface area contributed by atoms with Crippen molar-refractivity contribution in [1.82, 2.24) is 9.80 Å². The van der Waals surface area contributed by atoms with Crippen molar-refractivity contribution in [2.45, 2.75) is 33.1 Å². The highest BCUT2D eigenvalue weighted by Crippen LogP contribution is 2.18. The Hall–Kier alpha value is -1.55. The summed E-state index contributed by atoms with van der Waals surface area (Å²) in [7, 11) is 0. The van der Waals surface area contributed by atoms with Crippen LogP contribution in [0.5, 0.6) is 0 Å². The van der Waals surface area contributed by atoms with Crippen molar-refractivity contribution in [3.8, 4) is 0 Å². The van der Waals surface area contributed by atoms with Crippen LogP contribution in [-0.4, -0.2) is 61.5 Å². The van der Waals surface area contributed by atoms with Gasteiger partial charge in [0, 0.05) is 51.4 Å². The first-order valence-corrected chi connectivity index (χ1v) is 9.43. The Bertz CT molecular complexity index is 534. The smallest absolute Gasteiger partial charge is 0.223 e. The van der Waals surface area contributed by atoms with E-state index in [2.05, 4.69) is 52.8 Å². The molecule has 0 aliphatic carbocycles. The molecule has 1 unspecified atom stereocenters. The molecule has 0 radical (unpaired) electrons. The molecule has 0 N–H and O–H groups in total. The van der Waals surface area contributed by atoms with E-state index in [0.717, 1.165) is 45.2 Å². The average molecular weight is 329 g/mol. The van der Waals surface area contributed by atoms with Crippen molar-refractivity contribution in [2.75, 3.05) is 50.7 Å². The molecule has 2 saturated heterocycles. The van der Waals surface area contributed by atoms with E-state index in [1.165, 1.54) is 30.6 Å². The van der Waals surface area contributed by atoms with Crippen LogP contribution in [-0.2, 0) is 4.79 Å². The summed E-state index contributed by atoms with van der Waals surface area (Å²) in [6, 6.07) is 8.69. The van der Waals surface area contributed by atoms with E-state index < -0.39 is 0 Å². The predicted molar refractivity (Wildman–Crippen MR) is 99.4 cm³/mol.